The molecule has 2 aromatic carbocycles. The molecule has 26 heavy (non-hydrogen) atoms. The Morgan fingerprint density at radius 3 is 1.85 bits per heavy atom. The molecular formula is C19H2N6O. The molecule has 0 spiro atoms. The molecule has 0 saturated carbocycles. The average molecular weight is 330 g/mol. The van der Waals surface area contributed by atoms with E-state index in [1.807, 2.05) is 6.07 Å². The molecule has 7 nitrogen and oxygen atoms in total. The molecule has 0 aromatic heterocycles. The Bertz CT molecular complexity index is 1210. The predicted molar refractivity (Wildman–Crippen MR) is 86.7 cm³/mol. The summed E-state index contributed by atoms with van der Waals surface area (Å²) in [6.07, 6.45) is 0. The maximum absolute atomic E-state index is 12.9. The van der Waals surface area contributed by atoms with Crippen molar-refractivity contribution < 1.29 is 4.79 Å². The Morgan fingerprint density at radius 2 is 1.35 bits per heavy atom. The SMILES string of the molecule is [C-]#[N+]c1cc2c(c(C#N)c1[N+]#[C-])C(=O)c1c-2cc(C#N)c(C#N)c1C#N. The molecule has 1 aliphatic rings. The lowest BCUT2D eigenvalue weighted by Gasteiger charge is -2.06. The van der Waals surface area contributed by atoms with Crippen molar-refractivity contribution in [2.45, 2.75) is 0 Å². The van der Waals surface area contributed by atoms with Crippen LogP contribution in [0.4, 0.5) is 11.4 Å². The van der Waals surface area contributed by atoms with Crippen molar-refractivity contribution in [3.05, 3.63) is 68.3 Å². The summed E-state index contributed by atoms with van der Waals surface area (Å²) in [5.41, 5.74) is -0.897. The summed E-state index contributed by atoms with van der Waals surface area (Å²) < 4.78 is 0. The first-order valence-corrected chi connectivity index (χ1v) is 6.90. The van der Waals surface area contributed by atoms with E-state index in [-0.39, 0.29) is 55.9 Å². The van der Waals surface area contributed by atoms with Gasteiger partial charge in [-0.15, -0.1) is 0 Å². The molecule has 2 aromatic rings. The highest BCUT2D eigenvalue weighted by atomic mass is 16.1. The van der Waals surface area contributed by atoms with Gasteiger partial charge in [0.05, 0.1) is 41.5 Å². The summed E-state index contributed by atoms with van der Waals surface area (Å²) in [4.78, 5) is 19.3. The van der Waals surface area contributed by atoms with Crippen LogP contribution in [0, 0.1) is 58.5 Å². The van der Waals surface area contributed by atoms with Crippen LogP contribution in [0.1, 0.15) is 38.2 Å². The van der Waals surface area contributed by atoms with Crippen molar-refractivity contribution in [2.24, 2.45) is 0 Å². The third kappa shape index (κ3) is 1.78. The van der Waals surface area contributed by atoms with Crippen LogP contribution < -0.4 is 0 Å². The summed E-state index contributed by atoms with van der Waals surface area (Å²) in [6.45, 7) is 14.4. The summed E-state index contributed by atoms with van der Waals surface area (Å²) in [5, 5.41) is 37.4. The van der Waals surface area contributed by atoms with Crippen LogP contribution >= 0.6 is 0 Å². The van der Waals surface area contributed by atoms with Gasteiger partial charge in [-0.3, -0.25) is 9.64 Å². The Hall–Kier alpha value is -4.95. The first kappa shape index (κ1) is 15.9. The van der Waals surface area contributed by atoms with Crippen LogP contribution in [-0.4, -0.2) is 5.78 Å². The highest BCUT2D eigenvalue weighted by molar-refractivity contribution is 6.25. The third-order valence-electron chi connectivity index (χ3n) is 4.04. The van der Waals surface area contributed by atoms with Crippen LogP contribution in [0.25, 0.3) is 20.8 Å². The number of nitrogens with zero attached hydrogens (tertiary/aromatic N) is 6. The summed E-state index contributed by atoms with van der Waals surface area (Å²) in [6, 6.07) is 9.75. The van der Waals surface area contributed by atoms with Gasteiger partial charge in [0.15, 0.2) is 11.5 Å². The Balaban J connectivity index is 2.59. The van der Waals surface area contributed by atoms with E-state index in [1.54, 1.807) is 18.2 Å². The first-order valence-electron chi connectivity index (χ1n) is 6.90. The molecule has 7 heteroatoms. The van der Waals surface area contributed by atoms with E-state index >= 15 is 0 Å². The van der Waals surface area contributed by atoms with E-state index < -0.39 is 5.78 Å². The van der Waals surface area contributed by atoms with Crippen LogP contribution in [-0.2, 0) is 0 Å². The van der Waals surface area contributed by atoms with Gasteiger partial charge in [-0.05, 0) is 17.2 Å². The number of benzene rings is 2. The van der Waals surface area contributed by atoms with Crippen molar-refractivity contribution in [2.75, 3.05) is 0 Å². The predicted octanol–water partition coefficient (Wildman–Crippen LogP) is 3.49. The van der Waals surface area contributed by atoms with E-state index in [9.17, 15) is 25.8 Å². The minimum Gasteiger partial charge on any atom is -0.289 e. The molecule has 0 heterocycles. The molecular weight excluding hydrogens is 328 g/mol. The zero-order valence-corrected chi connectivity index (χ0v) is 12.7. The Morgan fingerprint density at radius 1 is 0.769 bits per heavy atom. The molecule has 3 rings (SSSR count). The van der Waals surface area contributed by atoms with Crippen molar-refractivity contribution in [3.8, 4) is 35.4 Å². The van der Waals surface area contributed by atoms with E-state index in [1.165, 1.54) is 12.1 Å². The lowest BCUT2D eigenvalue weighted by atomic mass is 9.93. The summed E-state index contributed by atoms with van der Waals surface area (Å²) >= 11 is 0. The summed E-state index contributed by atoms with van der Waals surface area (Å²) in [7, 11) is 0. The summed E-state index contributed by atoms with van der Waals surface area (Å²) in [5.74, 6) is -0.675. The van der Waals surface area contributed by atoms with Gasteiger partial charge in [-0.1, -0.05) is 6.07 Å². The maximum atomic E-state index is 12.9. The highest BCUT2D eigenvalue weighted by Gasteiger charge is 2.36. The Labute approximate surface area is 147 Å². The fourth-order valence-corrected chi connectivity index (χ4v) is 2.99. The molecule has 0 fully saturated rings. The first-order chi connectivity index (χ1) is 12.6. The number of hydrogen-bond donors (Lipinski definition) is 0. The smallest absolute Gasteiger partial charge is 0.212 e. The number of ketones is 1. The molecule has 0 amide bonds. The van der Waals surface area contributed by atoms with Gasteiger partial charge in [0.25, 0.3) is 0 Å². The largest absolute Gasteiger partial charge is 0.289 e. The van der Waals surface area contributed by atoms with Gasteiger partial charge < -0.3 is 0 Å². The van der Waals surface area contributed by atoms with E-state index in [4.69, 9.17) is 13.1 Å². The van der Waals surface area contributed by atoms with Gasteiger partial charge in [0.2, 0.25) is 5.69 Å². The zero-order chi connectivity index (χ0) is 19.0. The minimum atomic E-state index is -0.675. The number of carbonyl (C=O) groups is 1. The molecule has 0 saturated heterocycles. The van der Waals surface area contributed by atoms with Gasteiger partial charge >= 0.3 is 0 Å². The molecule has 114 valence electrons. The molecule has 0 atom stereocenters. The lowest BCUT2D eigenvalue weighted by Crippen LogP contribution is -2.04. The van der Waals surface area contributed by atoms with Gasteiger partial charge in [0.1, 0.15) is 18.2 Å². The number of rotatable bonds is 0. The van der Waals surface area contributed by atoms with Crippen LogP contribution in [0.3, 0.4) is 0 Å². The van der Waals surface area contributed by atoms with Crippen molar-refractivity contribution >= 4 is 17.2 Å². The van der Waals surface area contributed by atoms with Crippen LogP contribution in [0.5, 0.6) is 0 Å². The van der Waals surface area contributed by atoms with Gasteiger partial charge in [-0.2, -0.15) is 21.0 Å². The Kier molecular flexibility index (Phi) is 3.43. The molecule has 0 aliphatic heterocycles. The standard InChI is InChI=1S/C19H2N6O/c1-24-15-4-11-10-3-9(5-20)12(6-21)13(7-22)16(10)19(26)17(11)14(8-23)18(15)25-2/h3-4H. The van der Waals surface area contributed by atoms with Crippen molar-refractivity contribution in [1.82, 2.24) is 0 Å². The van der Waals surface area contributed by atoms with E-state index in [0.717, 1.165) is 0 Å². The minimum absolute atomic E-state index is 0.0828. The van der Waals surface area contributed by atoms with E-state index in [2.05, 4.69) is 9.69 Å². The number of nitriles is 4. The third-order valence-corrected chi connectivity index (χ3v) is 4.04. The monoisotopic (exact) mass is 330 g/mol. The van der Waals surface area contributed by atoms with E-state index in [0.29, 0.717) is 0 Å². The fraction of sp³-hybridized carbons (Fsp3) is 0. The molecule has 0 unspecified atom stereocenters. The fourth-order valence-electron chi connectivity index (χ4n) is 2.99. The maximum Gasteiger partial charge on any atom is 0.212 e. The second-order valence-corrected chi connectivity index (χ2v) is 5.14. The molecule has 0 radical (unpaired) electrons. The zero-order valence-electron chi connectivity index (χ0n) is 12.7. The second kappa shape index (κ2) is 5.60. The van der Waals surface area contributed by atoms with Gasteiger partial charge in [0, 0.05) is 11.1 Å². The number of carbonyl (C=O) groups excluding carboxylic acids is 1. The van der Waals surface area contributed by atoms with Crippen LogP contribution in [0.15, 0.2) is 12.1 Å². The quantitative estimate of drug-likeness (QED) is 0.584. The molecule has 1 aliphatic carbocycles. The van der Waals surface area contributed by atoms with Crippen molar-refractivity contribution in [1.29, 1.82) is 21.0 Å². The van der Waals surface area contributed by atoms with Crippen LogP contribution in [0.2, 0.25) is 0 Å². The molecule has 0 bridgehead atoms. The number of hydrogen-bond acceptors (Lipinski definition) is 5. The normalized spacial score (nSPS) is 10.2. The molecule has 0 N–H and O–H groups in total. The lowest BCUT2D eigenvalue weighted by molar-refractivity contribution is 0.104. The average Bonchev–Trinajstić information content (AvgIpc) is 2.96. The second-order valence-electron chi connectivity index (χ2n) is 5.14. The van der Waals surface area contributed by atoms with Gasteiger partial charge in [-0.25, -0.2) is 4.85 Å². The highest BCUT2D eigenvalue weighted by Crippen LogP contribution is 2.47. The number of fused-ring (bicyclic) bond motifs is 3. The van der Waals surface area contributed by atoms with Crippen molar-refractivity contribution in [3.63, 3.8) is 0 Å². The topological polar surface area (TPSA) is 121 Å².